The first-order valence-corrected chi connectivity index (χ1v) is 10.1. The van der Waals surface area contributed by atoms with Crippen LogP contribution in [0.2, 0.25) is 0 Å². The Morgan fingerprint density at radius 1 is 1.17 bits per heavy atom. The molecular weight excluding hydrogens is 370 g/mol. The molecule has 0 radical (unpaired) electrons. The molecule has 0 bridgehead atoms. The highest BCUT2D eigenvalue weighted by atomic mass is 16.7. The third kappa shape index (κ3) is 3.81. The quantitative estimate of drug-likeness (QED) is 0.831. The second kappa shape index (κ2) is 7.81. The maximum absolute atomic E-state index is 13.0. The molecule has 1 aromatic heterocycles. The molecule has 1 fully saturated rings. The number of benzene rings is 1. The zero-order valence-corrected chi connectivity index (χ0v) is 17.1. The molecular formula is C22H27N3O4. The molecule has 1 atom stereocenters. The summed E-state index contributed by atoms with van der Waals surface area (Å²) in [5.74, 6) is 1.20. The molecule has 2 aromatic rings. The topological polar surface area (TPSA) is 83.7 Å². The fraction of sp³-hybridized carbons (Fsp3) is 0.455. The number of aromatic nitrogens is 1. The first kappa shape index (κ1) is 19.4. The van der Waals surface area contributed by atoms with Crippen molar-refractivity contribution in [1.82, 2.24) is 15.2 Å². The number of H-pyrrole nitrogens is 1. The van der Waals surface area contributed by atoms with Gasteiger partial charge in [-0.2, -0.15) is 0 Å². The number of hydrogen-bond donors (Lipinski definition) is 2. The number of carbonyl (C=O) groups is 2. The molecule has 4 rings (SSSR count). The lowest BCUT2D eigenvalue weighted by Gasteiger charge is -2.32. The monoisotopic (exact) mass is 397 g/mol. The van der Waals surface area contributed by atoms with Gasteiger partial charge in [0.15, 0.2) is 11.5 Å². The third-order valence-electron chi connectivity index (χ3n) is 6.01. The SMILES string of the molecule is Cc1[nH]c(C(=O)N2CCC[C@H](C(=O)NCc3ccc4c(c3)OCO4)C2)c(C)c1C. The molecule has 154 valence electrons. The zero-order chi connectivity index (χ0) is 20.5. The number of ether oxygens (including phenoxy) is 2. The largest absolute Gasteiger partial charge is 0.454 e. The van der Waals surface area contributed by atoms with Crippen LogP contribution in [0.25, 0.3) is 0 Å². The van der Waals surface area contributed by atoms with E-state index in [0.717, 1.165) is 41.0 Å². The molecule has 7 nitrogen and oxygen atoms in total. The number of amides is 2. The number of aryl methyl sites for hydroxylation is 1. The van der Waals surface area contributed by atoms with Crippen molar-refractivity contribution in [3.8, 4) is 11.5 Å². The van der Waals surface area contributed by atoms with E-state index in [9.17, 15) is 9.59 Å². The van der Waals surface area contributed by atoms with Crippen molar-refractivity contribution in [2.45, 2.75) is 40.2 Å². The van der Waals surface area contributed by atoms with E-state index < -0.39 is 0 Å². The predicted octanol–water partition coefficient (Wildman–Crippen LogP) is 2.84. The van der Waals surface area contributed by atoms with Crippen LogP contribution in [0.1, 0.15) is 45.7 Å². The molecule has 3 heterocycles. The van der Waals surface area contributed by atoms with E-state index in [4.69, 9.17) is 9.47 Å². The Hall–Kier alpha value is -2.96. The molecule has 0 unspecified atom stereocenters. The van der Waals surface area contributed by atoms with E-state index >= 15 is 0 Å². The van der Waals surface area contributed by atoms with Gasteiger partial charge in [-0.3, -0.25) is 9.59 Å². The van der Waals surface area contributed by atoms with Crippen LogP contribution in [-0.4, -0.2) is 41.6 Å². The summed E-state index contributed by atoms with van der Waals surface area (Å²) in [7, 11) is 0. The second-order valence-electron chi connectivity index (χ2n) is 7.87. The molecule has 0 spiro atoms. The Bertz CT molecular complexity index is 950. The first-order valence-electron chi connectivity index (χ1n) is 10.1. The van der Waals surface area contributed by atoms with Crippen LogP contribution in [0.3, 0.4) is 0 Å². The minimum absolute atomic E-state index is 0.0178. The second-order valence-corrected chi connectivity index (χ2v) is 7.87. The fourth-order valence-corrected chi connectivity index (χ4v) is 3.98. The van der Waals surface area contributed by atoms with Gasteiger partial charge in [0, 0.05) is 25.3 Å². The summed E-state index contributed by atoms with van der Waals surface area (Å²) in [6.07, 6.45) is 1.62. The summed E-state index contributed by atoms with van der Waals surface area (Å²) in [6.45, 7) is 7.74. The normalized spacial score (nSPS) is 18.0. The van der Waals surface area contributed by atoms with E-state index in [0.29, 0.717) is 31.1 Å². The molecule has 2 N–H and O–H groups in total. The van der Waals surface area contributed by atoms with Crippen molar-refractivity contribution in [1.29, 1.82) is 0 Å². The van der Waals surface area contributed by atoms with E-state index in [1.165, 1.54) is 0 Å². The van der Waals surface area contributed by atoms with Crippen LogP contribution in [0, 0.1) is 26.7 Å². The fourth-order valence-electron chi connectivity index (χ4n) is 3.98. The van der Waals surface area contributed by atoms with Gasteiger partial charge in [0.1, 0.15) is 5.69 Å². The van der Waals surface area contributed by atoms with E-state index in [1.807, 2.05) is 39.0 Å². The number of piperidine rings is 1. The van der Waals surface area contributed by atoms with Crippen molar-refractivity contribution in [2.75, 3.05) is 19.9 Å². The van der Waals surface area contributed by atoms with Gasteiger partial charge >= 0.3 is 0 Å². The first-order chi connectivity index (χ1) is 13.9. The summed E-state index contributed by atoms with van der Waals surface area (Å²) in [5, 5.41) is 3.00. The Balaban J connectivity index is 1.37. The van der Waals surface area contributed by atoms with Crippen LogP contribution in [0.15, 0.2) is 18.2 Å². The van der Waals surface area contributed by atoms with Crippen LogP contribution < -0.4 is 14.8 Å². The maximum atomic E-state index is 13.0. The van der Waals surface area contributed by atoms with E-state index in [2.05, 4.69) is 10.3 Å². The number of fused-ring (bicyclic) bond motifs is 1. The van der Waals surface area contributed by atoms with Crippen molar-refractivity contribution in [3.63, 3.8) is 0 Å². The van der Waals surface area contributed by atoms with Gasteiger partial charge in [-0.05, 0) is 62.4 Å². The van der Waals surface area contributed by atoms with Crippen molar-refractivity contribution in [2.24, 2.45) is 5.92 Å². The number of rotatable bonds is 4. The summed E-state index contributed by atoms with van der Waals surface area (Å²) >= 11 is 0. The van der Waals surface area contributed by atoms with Crippen molar-refractivity contribution >= 4 is 11.8 Å². The minimum Gasteiger partial charge on any atom is -0.454 e. The molecule has 0 saturated carbocycles. The number of likely N-dealkylation sites (tertiary alicyclic amines) is 1. The van der Waals surface area contributed by atoms with Crippen molar-refractivity contribution in [3.05, 3.63) is 46.3 Å². The number of nitrogens with one attached hydrogen (secondary N) is 2. The zero-order valence-electron chi connectivity index (χ0n) is 17.1. The van der Waals surface area contributed by atoms with Gasteiger partial charge in [0.05, 0.1) is 5.92 Å². The molecule has 29 heavy (non-hydrogen) atoms. The molecule has 7 heteroatoms. The smallest absolute Gasteiger partial charge is 0.270 e. The predicted molar refractivity (Wildman–Crippen MR) is 108 cm³/mol. The molecule has 1 saturated heterocycles. The van der Waals surface area contributed by atoms with Gasteiger partial charge in [-0.25, -0.2) is 0 Å². The van der Waals surface area contributed by atoms with Gasteiger partial charge in [-0.1, -0.05) is 6.07 Å². The highest BCUT2D eigenvalue weighted by Gasteiger charge is 2.30. The summed E-state index contributed by atoms with van der Waals surface area (Å²) < 4.78 is 10.7. The summed E-state index contributed by atoms with van der Waals surface area (Å²) in [5.41, 5.74) is 4.71. The molecule has 0 aliphatic carbocycles. The third-order valence-corrected chi connectivity index (χ3v) is 6.01. The molecule has 1 aromatic carbocycles. The average Bonchev–Trinajstić information content (AvgIpc) is 3.31. The summed E-state index contributed by atoms with van der Waals surface area (Å²) in [4.78, 5) is 30.7. The molecule has 2 aliphatic heterocycles. The Morgan fingerprint density at radius 3 is 2.72 bits per heavy atom. The van der Waals surface area contributed by atoms with Gasteiger partial charge in [-0.15, -0.1) is 0 Å². The number of carbonyl (C=O) groups excluding carboxylic acids is 2. The summed E-state index contributed by atoms with van der Waals surface area (Å²) in [6, 6.07) is 5.66. The molecule has 2 aliphatic rings. The van der Waals surface area contributed by atoms with Gasteiger partial charge in [0.25, 0.3) is 5.91 Å². The lowest BCUT2D eigenvalue weighted by molar-refractivity contribution is -0.126. The van der Waals surface area contributed by atoms with Crippen LogP contribution in [-0.2, 0) is 11.3 Å². The van der Waals surface area contributed by atoms with Gasteiger partial charge < -0.3 is 24.7 Å². The van der Waals surface area contributed by atoms with Crippen molar-refractivity contribution < 1.29 is 19.1 Å². The molecule has 2 amide bonds. The lowest BCUT2D eigenvalue weighted by atomic mass is 9.96. The lowest BCUT2D eigenvalue weighted by Crippen LogP contribution is -2.45. The Kier molecular flexibility index (Phi) is 5.22. The van der Waals surface area contributed by atoms with Crippen LogP contribution >= 0.6 is 0 Å². The van der Waals surface area contributed by atoms with E-state index in [-0.39, 0.29) is 24.5 Å². The van der Waals surface area contributed by atoms with Crippen LogP contribution in [0.5, 0.6) is 11.5 Å². The minimum atomic E-state index is -0.195. The highest BCUT2D eigenvalue weighted by molar-refractivity contribution is 5.95. The Labute approximate surface area is 170 Å². The highest BCUT2D eigenvalue weighted by Crippen LogP contribution is 2.32. The number of hydrogen-bond acceptors (Lipinski definition) is 4. The standard InChI is InChI=1S/C22H27N3O4/c1-13-14(2)20(24-15(13)3)22(27)25-8-4-5-17(11-25)21(26)23-10-16-6-7-18-19(9-16)29-12-28-18/h6-7,9,17,24H,4-5,8,10-12H2,1-3H3,(H,23,26)/t17-/m0/s1. The Morgan fingerprint density at radius 2 is 1.97 bits per heavy atom. The van der Waals surface area contributed by atoms with E-state index in [1.54, 1.807) is 4.90 Å². The maximum Gasteiger partial charge on any atom is 0.270 e. The average molecular weight is 397 g/mol. The van der Waals surface area contributed by atoms with Crippen LogP contribution in [0.4, 0.5) is 0 Å². The van der Waals surface area contributed by atoms with Gasteiger partial charge in [0.2, 0.25) is 12.7 Å². The number of aromatic amines is 1. The number of nitrogens with zero attached hydrogens (tertiary/aromatic N) is 1.